The van der Waals surface area contributed by atoms with Crippen LogP contribution >= 0.6 is 0 Å². The maximum atomic E-state index is 5.98. The minimum Gasteiger partial charge on any atom is -0.377 e. The Morgan fingerprint density at radius 1 is 1.39 bits per heavy atom. The number of ether oxygens (including phenoxy) is 1. The average molecular weight is 318 g/mol. The van der Waals surface area contributed by atoms with Crippen molar-refractivity contribution in [3.8, 4) is 0 Å². The highest BCUT2D eigenvalue weighted by Gasteiger charge is 2.66. The maximum absolute atomic E-state index is 5.98. The second-order valence-corrected chi connectivity index (χ2v) is 7.18. The van der Waals surface area contributed by atoms with Crippen LogP contribution in [-0.2, 0) is 11.3 Å². The minimum atomic E-state index is 0.363. The number of aryl methyl sites for hydroxylation is 2. The molecule has 23 heavy (non-hydrogen) atoms. The van der Waals surface area contributed by atoms with E-state index in [1.807, 2.05) is 20.9 Å². The van der Waals surface area contributed by atoms with Crippen molar-refractivity contribution in [2.45, 2.75) is 58.2 Å². The summed E-state index contributed by atoms with van der Waals surface area (Å²) < 4.78 is 11.2. The Bertz CT molecular complexity index is 601. The van der Waals surface area contributed by atoms with Gasteiger partial charge in [0.15, 0.2) is 5.96 Å². The largest absolute Gasteiger partial charge is 0.377 e. The molecule has 0 aromatic carbocycles. The summed E-state index contributed by atoms with van der Waals surface area (Å²) in [6.45, 7) is 5.52. The average Bonchev–Trinajstić information content (AvgIpc) is 3.04. The van der Waals surface area contributed by atoms with E-state index in [9.17, 15) is 0 Å². The zero-order valence-electron chi connectivity index (χ0n) is 14.2. The number of hydrogen-bond acceptors (Lipinski definition) is 4. The molecule has 3 atom stereocenters. The van der Waals surface area contributed by atoms with Gasteiger partial charge < -0.3 is 19.9 Å². The van der Waals surface area contributed by atoms with E-state index in [-0.39, 0.29) is 0 Å². The summed E-state index contributed by atoms with van der Waals surface area (Å²) in [4.78, 5) is 4.41. The van der Waals surface area contributed by atoms with Crippen molar-refractivity contribution < 1.29 is 9.26 Å². The van der Waals surface area contributed by atoms with Gasteiger partial charge in [0.2, 0.25) is 0 Å². The van der Waals surface area contributed by atoms with Crippen LogP contribution in [0.15, 0.2) is 9.52 Å². The normalized spacial score (nSPS) is 31.4. The van der Waals surface area contributed by atoms with Crippen LogP contribution in [0.5, 0.6) is 0 Å². The van der Waals surface area contributed by atoms with Crippen LogP contribution in [0.3, 0.4) is 0 Å². The summed E-state index contributed by atoms with van der Waals surface area (Å²) in [6, 6.07) is 0.500. The Kier molecular flexibility index (Phi) is 3.59. The lowest BCUT2D eigenvalue weighted by Crippen LogP contribution is -2.72. The van der Waals surface area contributed by atoms with Gasteiger partial charge in [0.25, 0.3) is 0 Å². The van der Waals surface area contributed by atoms with Gasteiger partial charge in [-0.3, -0.25) is 4.99 Å². The third kappa shape index (κ3) is 2.18. The Morgan fingerprint density at radius 3 is 2.83 bits per heavy atom. The first-order valence-corrected chi connectivity index (χ1v) is 8.66. The number of nitrogens with zero attached hydrogens (tertiary/aromatic N) is 2. The molecule has 3 unspecified atom stereocenters. The van der Waals surface area contributed by atoms with E-state index in [0.717, 1.165) is 29.6 Å². The van der Waals surface area contributed by atoms with Crippen LogP contribution in [0.4, 0.5) is 0 Å². The van der Waals surface area contributed by atoms with Crippen LogP contribution in [-0.4, -0.2) is 36.9 Å². The van der Waals surface area contributed by atoms with Gasteiger partial charge >= 0.3 is 0 Å². The predicted molar refractivity (Wildman–Crippen MR) is 87.2 cm³/mol. The molecule has 1 aromatic rings. The number of nitrogens with one attached hydrogen (secondary N) is 2. The Balaban J connectivity index is 1.41. The second kappa shape index (κ2) is 5.51. The molecule has 0 amide bonds. The van der Waals surface area contributed by atoms with E-state index in [4.69, 9.17) is 9.26 Å². The molecule has 3 fully saturated rings. The van der Waals surface area contributed by atoms with E-state index >= 15 is 0 Å². The van der Waals surface area contributed by atoms with Gasteiger partial charge in [-0.25, -0.2) is 0 Å². The third-order valence-electron chi connectivity index (χ3n) is 6.17. The second-order valence-electron chi connectivity index (χ2n) is 7.18. The summed E-state index contributed by atoms with van der Waals surface area (Å²) in [5.41, 5.74) is 2.41. The van der Waals surface area contributed by atoms with Gasteiger partial charge in [0.05, 0.1) is 11.8 Å². The van der Waals surface area contributed by atoms with E-state index in [2.05, 4.69) is 20.8 Å². The Labute approximate surface area is 137 Å². The Hall–Kier alpha value is -1.56. The van der Waals surface area contributed by atoms with Crippen LogP contribution < -0.4 is 10.6 Å². The number of aromatic nitrogens is 1. The quantitative estimate of drug-likeness (QED) is 0.658. The lowest BCUT2D eigenvalue weighted by molar-refractivity contribution is -0.171. The Morgan fingerprint density at radius 2 is 2.22 bits per heavy atom. The van der Waals surface area contributed by atoms with E-state index < -0.39 is 0 Å². The standard InChI is InChI=1S/C17H26N4O2/c1-10-13(11(2)23-21-10)9-19-16(18-3)20-14-12-5-8-22-15(12)17(14)6-4-7-17/h12,14-15H,4-9H2,1-3H3,(H2,18,19,20). The van der Waals surface area contributed by atoms with E-state index in [1.165, 1.54) is 25.7 Å². The fraction of sp³-hybridized carbons (Fsp3) is 0.765. The van der Waals surface area contributed by atoms with Gasteiger partial charge in [0.1, 0.15) is 5.76 Å². The van der Waals surface area contributed by atoms with Crippen molar-refractivity contribution in [3.63, 3.8) is 0 Å². The molecule has 0 bridgehead atoms. The number of aliphatic imine (C=N–C) groups is 1. The summed E-state index contributed by atoms with van der Waals surface area (Å²) in [7, 11) is 1.83. The molecule has 1 saturated heterocycles. The molecule has 2 saturated carbocycles. The van der Waals surface area contributed by atoms with Gasteiger partial charge in [-0.1, -0.05) is 11.6 Å². The van der Waals surface area contributed by atoms with Gasteiger partial charge in [-0.15, -0.1) is 0 Å². The zero-order valence-corrected chi connectivity index (χ0v) is 14.2. The van der Waals surface area contributed by atoms with E-state index in [1.54, 1.807) is 0 Å². The van der Waals surface area contributed by atoms with Crippen LogP contribution in [0.25, 0.3) is 0 Å². The molecular formula is C17H26N4O2. The number of guanidine groups is 1. The summed E-state index contributed by atoms with van der Waals surface area (Å²) in [6.07, 6.45) is 5.55. The highest BCUT2D eigenvalue weighted by Crippen LogP contribution is 2.62. The summed E-state index contributed by atoms with van der Waals surface area (Å²) in [5, 5.41) is 11.1. The van der Waals surface area contributed by atoms with Crippen LogP contribution in [0.1, 0.15) is 42.7 Å². The third-order valence-corrected chi connectivity index (χ3v) is 6.17. The monoisotopic (exact) mass is 318 g/mol. The highest BCUT2D eigenvalue weighted by atomic mass is 16.5. The molecule has 1 aliphatic heterocycles. The van der Waals surface area contributed by atoms with Gasteiger partial charge in [-0.05, 0) is 33.1 Å². The molecule has 6 heteroatoms. The summed E-state index contributed by atoms with van der Waals surface area (Å²) >= 11 is 0. The van der Waals surface area contributed by atoms with Crippen molar-refractivity contribution in [3.05, 3.63) is 17.0 Å². The minimum absolute atomic E-state index is 0.363. The molecule has 126 valence electrons. The van der Waals surface area contributed by atoms with Crippen LogP contribution in [0.2, 0.25) is 0 Å². The molecular weight excluding hydrogens is 292 g/mol. The maximum Gasteiger partial charge on any atom is 0.191 e. The zero-order chi connectivity index (χ0) is 16.0. The van der Waals surface area contributed by atoms with Crippen molar-refractivity contribution in [2.75, 3.05) is 13.7 Å². The molecule has 6 nitrogen and oxygen atoms in total. The molecule has 1 aromatic heterocycles. The van der Waals surface area contributed by atoms with E-state index in [0.29, 0.717) is 30.0 Å². The van der Waals surface area contributed by atoms with Gasteiger partial charge in [0, 0.05) is 43.1 Å². The highest BCUT2D eigenvalue weighted by molar-refractivity contribution is 5.80. The van der Waals surface area contributed by atoms with Crippen molar-refractivity contribution in [2.24, 2.45) is 16.3 Å². The molecule has 1 spiro atoms. The van der Waals surface area contributed by atoms with Crippen molar-refractivity contribution in [1.82, 2.24) is 15.8 Å². The SMILES string of the molecule is CN=C(NCc1c(C)noc1C)NC1C2CCOC2C12CCC2. The topological polar surface area (TPSA) is 71.7 Å². The lowest BCUT2D eigenvalue weighted by Gasteiger charge is -2.63. The molecule has 2 aliphatic carbocycles. The molecule has 2 heterocycles. The fourth-order valence-electron chi connectivity index (χ4n) is 4.72. The molecule has 3 aliphatic rings. The van der Waals surface area contributed by atoms with Crippen molar-refractivity contribution in [1.29, 1.82) is 0 Å². The molecule has 0 radical (unpaired) electrons. The first kappa shape index (κ1) is 15.0. The number of fused-ring (bicyclic) bond motifs is 2. The number of rotatable bonds is 3. The fourth-order valence-corrected chi connectivity index (χ4v) is 4.72. The van der Waals surface area contributed by atoms with Crippen molar-refractivity contribution >= 4 is 5.96 Å². The molecule has 4 rings (SSSR count). The smallest absolute Gasteiger partial charge is 0.191 e. The first-order chi connectivity index (χ1) is 11.2. The molecule has 2 N–H and O–H groups in total. The number of hydrogen-bond donors (Lipinski definition) is 2. The van der Waals surface area contributed by atoms with Crippen LogP contribution in [0, 0.1) is 25.2 Å². The first-order valence-electron chi connectivity index (χ1n) is 8.66. The van der Waals surface area contributed by atoms with Gasteiger partial charge in [-0.2, -0.15) is 0 Å². The lowest BCUT2D eigenvalue weighted by atomic mass is 9.46. The predicted octanol–water partition coefficient (Wildman–Crippen LogP) is 1.91. The summed E-state index contributed by atoms with van der Waals surface area (Å²) in [5.74, 6) is 2.38.